The van der Waals surface area contributed by atoms with E-state index >= 15 is 0 Å². The molecule has 0 bridgehead atoms. The van der Waals surface area contributed by atoms with Crippen LogP contribution in [-0.4, -0.2) is 36.8 Å². The standard InChI is InChI=1S/C14H27NO4/c1-4-7-8-9-10-15(13(16)18-11-5-2)14(17)19-12-6-3/h4-12H2,1-3H3. The highest BCUT2D eigenvalue weighted by molar-refractivity contribution is 5.87. The smallest absolute Gasteiger partial charge is 0.419 e. The van der Waals surface area contributed by atoms with E-state index in [1.807, 2.05) is 13.8 Å². The Balaban J connectivity index is 4.27. The first kappa shape index (κ1) is 17.7. The maximum atomic E-state index is 11.8. The molecule has 0 rings (SSSR count). The van der Waals surface area contributed by atoms with Crippen molar-refractivity contribution >= 4 is 12.2 Å². The maximum absolute atomic E-state index is 11.8. The van der Waals surface area contributed by atoms with Crippen LogP contribution in [0.3, 0.4) is 0 Å². The third-order valence-electron chi connectivity index (χ3n) is 2.54. The SMILES string of the molecule is CCCCCCN(C(=O)OCCC)C(=O)OCCC. The van der Waals surface area contributed by atoms with E-state index < -0.39 is 12.2 Å². The minimum Gasteiger partial charge on any atom is -0.449 e. The molecule has 0 aromatic heterocycles. The van der Waals surface area contributed by atoms with Gasteiger partial charge in [-0.15, -0.1) is 0 Å². The van der Waals surface area contributed by atoms with Gasteiger partial charge in [0.2, 0.25) is 0 Å². The second kappa shape index (κ2) is 11.8. The lowest BCUT2D eigenvalue weighted by atomic mass is 10.2. The quantitative estimate of drug-likeness (QED) is 0.597. The van der Waals surface area contributed by atoms with E-state index in [2.05, 4.69) is 6.92 Å². The molecule has 5 heteroatoms. The highest BCUT2D eigenvalue weighted by atomic mass is 16.6. The summed E-state index contributed by atoms with van der Waals surface area (Å²) >= 11 is 0. The van der Waals surface area contributed by atoms with E-state index in [9.17, 15) is 9.59 Å². The highest BCUT2D eigenvalue weighted by Crippen LogP contribution is 2.06. The molecule has 0 aromatic rings. The van der Waals surface area contributed by atoms with Crippen molar-refractivity contribution in [3.8, 4) is 0 Å². The zero-order chi connectivity index (χ0) is 14.5. The normalized spacial score (nSPS) is 10.1. The van der Waals surface area contributed by atoms with Crippen LogP contribution < -0.4 is 0 Å². The van der Waals surface area contributed by atoms with Crippen molar-refractivity contribution in [2.75, 3.05) is 19.8 Å². The molecule has 0 fully saturated rings. The van der Waals surface area contributed by atoms with Crippen LogP contribution >= 0.6 is 0 Å². The zero-order valence-electron chi connectivity index (χ0n) is 12.4. The van der Waals surface area contributed by atoms with Gasteiger partial charge in [0.1, 0.15) is 0 Å². The Bertz CT molecular complexity index is 236. The fourth-order valence-corrected chi connectivity index (χ4v) is 1.49. The lowest BCUT2D eigenvalue weighted by molar-refractivity contribution is 0.0759. The molecule has 0 radical (unpaired) electrons. The van der Waals surface area contributed by atoms with Gasteiger partial charge < -0.3 is 9.47 Å². The van der Waals surface area contributed by atoms with Crippen LogP contribution in [0.4, 0.5) is 9.59 Å². The van der Waals surface area contributed by atoms with Crippen molar-refractivity contribution in [2.24, 2.45) is 0 Å². The average Bonchev–Trinajstić information content (AvgIpc) is 2.42. The number of hydrogen-bond acceptors (Lipinski definition) is 4. The van der Waals surface area contributed by atoms with Gasteiger partial charge in [-0.2, -0.15) is 0 Å². The summed E-state index contributed by atoms with van der Waals surface area (Å²) in [6.45, 7) is 6.95. The van der Waals surface area contributed by atoms with Gasteiger partial charge in [-0.1, -0.05) is 40.0 Å². The van der Waals surface area contributed by atoms with Gasteiger partial charge in [0.25, 0.3) is 0 Å². The van der Waals surface area contributed by atoms with Crippen molar-refractivity contribution in [3.63, 3.8) is 0 Å². The Morgan fingerprint density at radius 2 is 1.32 bits per heavy atom. The summed E-state index contributed by atoms with van der Waals surface area (Å²) in [5, 5.41) is 0. The van der Waals surface area contributed by atoms with Gasteiger partial charge in [0.15, 0.2) is 0 Å². The van der Waals surface area contributed by atoms with Crippen molar-refractivity contribution in [1.82, 2.24) is 4.90 Å². The largest absolute Gasteiger partial charge is 0.449 e. The number of carbonyl (C=O) groups excluding carboxylic acids is 2. The Hall–Kier alpha value is -1.26. The summed E-state index contributed by atoms with van der Waals surface area (Å²) < 4.78 is 10.00. The van der Waals surface area contributed by atoms with Crippen molar-refractivity contribution in [2.45, 2.75) is 59.3 Å². The molecule has 0 aliphatic carbocycles. The van der Waals surface area contributed by atoms with E-state index in [0.29, 0.717) is 19.8 Å². The summed E-state index contributed by atoms with van der Waals surface area (Å²) in [6, 6.07) is 0. The predicted molar refractivity (Wildman–Crippen MR) is 74.1 cm³/mol. The molecule has 0 spiro atoms. The Kier molecular flexibility index (Phi) is 11.0. The van der Waals surface area contributed by atoms with E-state index in [-0.39, 0.29) is 0 Å². The molecule has 0 saturated carbocycles. The molecule has 0 aliphatic rings. The van der Waals surface area contributed by atoms with Crippen LogP contribution in [-0.2, 0) is 9.47 Å². The van der Waals surface area contributed by atoms with Crippen molar-refractivity contribution < 1.29 is 19.1 Å². The number of amides is 2. The Labute approximate surface area is 116 Å². The minimum absolute atomic E-state index is 0.325. The number of hydrogen-bond donors (Lipinski definition) is 0. The van der Waals surface area contributed by atoms with Crippen LogP contribution in [0.25, 0.3) is 0 Å². The Morgan fingerprint density at radius 1 is 0.789 bits per heavy atom. The third-order valence-corrected chi connectivity index (χ3v) is 2.54. The summed E-state index contributed by atoms with van der Waals surface area (Å²) in [5.41, 5.74) is 0. The number of unbranched alkanes of at least 4 members (excludes halogenated alkanes) is 3. The summed E-state index contributed by atoms with van der Waals surface area (Å²) in [6.07, 6.45) is 4.27. The minimum atomic E-state index is -0.598. The zero-order valence-corrected chi connectivity index (χ0v) is 12.4. The van der Waals surface area contributed by atoms with Gasteiger partial charge in [-0.05, 0) is 19.3 Å². The number of rotatable bonds is 9. The first-order valence-corrected chi connectivity index (χ1v) is 7.28. The van der Waals surface area contributed by atoms with Crippen LogP contribution in [0.2, 0.25) is 0 Å². The topological polar surface area (TPSA) is 55.8 Å². The highest BCUT2D eigenvalue weighted by Gasteiger charge is 2.23. The molecular weight excluding hydrogens is 246 g/mol. The molecule has 112 valence electrons. The number of ether oxygens (including phenoxy) is 2. The van der Waals surface area contributed by atoms with E-state index in [0.717, 1.165) is 43.4 Å². The van der Waals surface area contributed by atoms with Gasteiger partial charge >= 0.3 is 12.2 Å². The van der Waals surface area contributed by atoms with E-state index in [4.69, 9.17) is 9.47 Å². The van der Waals surface area contributed by atoms with E-state index in [1.54, 1.807) is 0 Å². The summed E-state index contributed by atoms with van der Waals surface area (Å²) in [4.78, 5) is 24.6. The lowest BCUT2D eigenvalue weighted by Crippen LogP contribution is -2.38. The fraction of sp³-hybridized carbons (Fsp3) is 0.857. The maximum Gasteiger partial charge on any atom is 0.419 e. The third kappa shape index (κ3) is 8.46. The second-order valence-electron chi connectivity index (χ2n) is 4.44. The van der Waals surface area contributed by atoms with Crippen LogP contribution in [0.15, 0.2) is 0 Å². The van der Waals surface area contributed by atoms with E-state index in [1.165, 1.54) is 0 Å². The van der Waals surface area contributed by atoms with Gasteiger partial charge in [-0.25, -0.2) is 14.5 Å². The fourth-order valence-electron chi connectivity index (χ4n) is 1.49. The van der Waals surface area contributed by atoms with Crippen LogP contribution in [0, 0.1) is 0 Å². The molecule has 0 N–H and O–H groups in total. The number of carbonyl (C=O) groups is 2. The Morgan fingerprint density at radius 3 is 1.74 bits per heavy atom. The van der Waals surface area contributed by atoms with Gasteiger partial charge in [0, 0.05) is 6.54 Å². The molecule has 0 aromatic carbocycles. The number of nitrogens with zero attached hydrogens (tertiary/aromatic N) is 1. The van der Waals surface area contributed by atoms with Gasteiger partial charge in [-0.3, -0.25) is 0 Å². The molecule has 0 atom stereocenters. The predicted octanol–water partition coefficient (Wildman–Crippen LogP) is 3.96. The molecule has 5 nitrogen and oxygen atoms in total. The summed E-state index contributed by atoms with van der Waals surface area (Å²) in [7, 11) is 0. The monoisotopic (exact) mass is 273 g/mol. The average molecular weight is 273 g/mol. The lowest BCUT2D eigenvalue weighted by Gasteiger charge is -2.19. The second-order valence-corrected chi connectivity index (χ2v) is 4.44. The molecule has 2 amide bonds. The molecule has 0 unspecified atom stereocenters. The first-order valence-electron chi connectivity index (χ1n) is 7.28. The van der Waals surface area contributed by atoms with Crippen LogP contribution in [0.1, 0.15) is 59.3 Å². The van der Waals surface area contributed by atoms with Crippen LogP contribution in [0.5, 0.6) is 0 Å². The number of imide groups is 1. The molecule has 0 heterocycles. The molecule has 19 heavy (non-hydrogen) atoms. The molecule has 0 aliphatic heterocycles. The molecular formula is C14H27NO4. The van der Waals surface area contributed by atoms with Crippen molar-refractivity contribution in [1.29, 1.82) is 0 Å². The van der Waals surface area contributed by atoms with Crippen molar-refractivity contribution in [3.05, 3.63) is 0 Å². The first-order chi connectivity index (χ1) is 9.17. The summed E-state index contributed by atoms with van der Waals surface area (Å²) in [5.74, 6) is 0. The van der Waals surface area contributed by atoms with Gasteiger partial charge in [0.05, 0.1) is 13.2 Å². The molecule has 0 saturated heterocycles.